The highest BCUT2D eigenvalue weighted by atomic mass is 16.5. The van der Waals surface area contributed by atoms with Crippen LogP contribution in [-0.4, -0.2) is 106 Å². The number of phenols is 1. The number of nitrogens with two attached hydrogens (primary N) is 1. The smallest absolute Gasteiger partial charge is 0.160 e. The highest BCUT2D eigenvalue weighted by Gasteiger charge is 2.63. The predicted octanol–water partition coefficient (Wildman–Crippen LogP) is 7.34. The number of carbonyl (C=O) groups excluding carboxylic acids is 2. The third kappa shape index (κ3) is 9.84. The third-order valence-electron chi connectivity index (χ3n) is 20.2. The average Bonchev–Trinajstić information content (AvgIpc) is 4.01. The van der Waals surface area contributed by atoms with Gasteiger partial charge in [0, 0.05) is 68.1 Å². The normalized spacial score (nSPS) is 32.7. The molecule has 13 nitrogen and oxygen atoms in total. The van der Waals surface area contributed by atoms with E-state index >= 15 is 4.79 Å². The zero-order valence-corrected chi connectivity index (χ0v) is 45.1. The van der Waals surface area contributed by atoms with Crippen LogP contribution in [0.4, 0.5) is 0 Å². The molecule has 4 fully saturated rings. The maximum atomic E-state index is 15.1. The first-order valence-corrected chi connectivity index (χ1v) is 29.0. The number of aromatic nitrogens is 1. The molecule has 11 rings (SSSR count). The van der Waals surface area contributed by atoms with Crippen LogP contribution in [0.3, 0.4) is 0 Å². The van der Waals surface area contributed by atoms with Gasteiger partial charge in [-0.2, -0.15) is 0 Å². The van der Waals surface area contributed by atoms with Gasteiger partial charge in [0.2, 0.25) is 0 Å². The number of hydrogen-bond acceptors (Lipinski definition) is 12. The second kappa shape index (κ2) is 22.4. The molecule has 3 heterocycles. The number of phenolic OH excluding ortho intramolecular Hbond substituents is 1. The van der Waals surface area contributed by atoms with Crippen molar-refractivity contribution in [3.63, 3.8) is 0 Å². The van der Waals surface area contributed by atoms with Crippen LogP contribution in [0.1, 0.15) is 136 Å². The number of fused-ring (bicyclic) bond motifs is 5. The molecule has 0 bridgehead atoms. The predicted molar refractivity (Wildman–Crippen MR) is 298 cm³/mol. The number of allylic oxidation sites excluding steroid dienone is 2. The van der Waals surface area contributed by atoms with Crippen molar-refractivity contribution >= 4 is 22.3 Å². The van der Waals surface area contributed by atoms with Crippen LogP contribution in [0, 0.1) is 58.7 Å². The maximum absolute atomic E-state index is 15.1. The molecule has 4 aromatic rings. The molecule has 11 N–H and O–H groups in total. The van der Waals surface area contributed by atoms with Gasteiger partial charge < -0.3 is 56.9 Å². The lowest BCUT2D eigenvalue weighted by atomic mass is 9.43. The summed E-state index contributed by atoms with van der Waals surface area (Å²) in [6, 6.07) is 20.3. The maximum Gasteiger partial charge on any atom is 0.160 e. The van der Waals surface area contributed by atoms with Crippen LogP contribution in [0.5, 0.6) is 11.5 Å². The topological polar surface area (TPSA) is 222 Å². The summed E-state index contributed by atoms with van der Waals surface area (Å²) in [5.74, 6) is 9.04. The van der Waals surface area contributed by atoms with Crippen molar-refractivity contribution in [2.24, 2.45) is 52.6 Å². The van der Waals surface area contributed by atoms with Crippen molar-refractivity contribution in [3.8, 4) is 23.3 Å². The van der Waals surface area contributed by atoms with Crippen molar-refractivity contribution in [3.05, 3.63) is 118 Å². The summed E-state index contributed by atoms with van der Waals surface area (Å²) >= 11 is 0. The van der Waals surface area contributed by atoms with E-state index in [0.29, 0.717) is 86.4 Å². The molecule has 3 saturated carbocycles. The number of aromatic amines is 1. The Balaban J connectivity index is 0.919. The van der Waals surface area contributed by atoms with E-state index in [1.807, 2.05) is 18.2 Å². The Labute approximate surface area is 453 Å². The van der Waals surface area contributed by atoms with Crippen LogP contribution < -0.4 is 26.4 Å². The zero-order valence-electron chi connectivity index (χ0n) is 45.1. The van der Waals surface area contributed by atoms with Crippen LogP contribution in [0.2, 0.25) is 0 Å². The number of rotatable bonds is 16. The van der Waals surface area contributed by atoms with E-state index in [9.17, 15) is 30.3 Å². The molecule has 16 atom stereocenters. The van der Waals surface area contributed by atoms with Gasteiger partial charge in [0.1, 0.15) is 11.2 Å². The minimum absolute atomic E-state index is 0.00980. The lowest BCUT2D eigenvalue weighted by molar-refractivity contribution is -0.140. The molecule has 7 aliphatic rings. The van der Waals surface area contributed by atoms with Gasteiger partial charge in [-0.1, -0.05) is 68.2 Å². The molecule has 3 aromatic carbocycles. The van der Waals surface area contributed by atoms with Gasteiger partial charge >= 0.3 is 0 Å². The summed E-state index contributed by atoms with van der Waals surface area (Å²) in [6.45, 7) is 7.40. The highest BCUT2D eigenvalue weighted by molar-refractivity contribution is 5.89. The molecule has 2 aliphatic heterocycles. The first-order chi connectivity index (χ1) is 37.4. The van der Waals surface area contributed by atoms with Gasteiger partial charge in [-0.15, -0.1) is 0 Å². The van der Waals surface area contributed by atoms with E-state index in [1.165, 1.54) is 23.9 Å². The van der Waals surface area contributed by atoms with E-state index in [4.69, 9.17) is 10.5 Å². The summed E-state index contributed by atoms with van der Waals surface area (Å²) in [5.41, 5.74) is 12.2. The minimum atomic E-state index is -1.37. The van der Waals surface area contributed by atoms with Gasteiger partial charge in [-0.05, 0) is 193 Å². The number of ketones is 2. The second-order valence-electron chi connectivity index (χ2n) is 24.0. The van der Waals surface area contributed by atoms with Crippen LogP contribution in [0.25, 0.3) is 10.8 Å². The van der Waals surface area contributed by atoms with E-state index in [0.717, 1.165) is 59.9 Å². The molecule has 0 amide bonds. The number of dihydropyridines is 1. The molecule has 1 aromatic heterocycles. The van der Waals surface area contributed by atoms with Crippen LogP contribution in [-0.2, 0) is 16.0 Å². The zero-order chi connectivity index (χ0) is 53.7. The Kier molecular flexibility index (Phi) is 15.5. The highest BCUT2D eigenvalue weighted by Crippen LogP contribution is 2.65. The number of carbonyl (C=O) groups is 2. The number of methoxy groups -OCH3 is 1. The van der Waals surface area contributed by atoms with Crippen molar-refractivity contribution in [2.45, 2.75) is 139 Å². The Morgan fingerprint density at radius 2 is 1.79 bits per heavy atom. The number of nitrogens with one attached hydrogen (secondary N) is 4. The van der Waals surface area contributed by atoms with E-state index in [1.54, 1.807) is 12.1 Å². The van der Waals surface area contributed by atoms with Crippen molar-refractivity contribution in [1.82, 2.24) is 20.9 Å². The lowest BCUT2D eigenvalue weighted by Gasteiger charge is -2.64. The molecule has 5 aliphatic carbocycles. The first-order valence-electron chi connectivity index (χ1n) is 29.0. The fourth-order valence-electron chi connectivity index (χ4n) is 16.7. The third-order valence-corrected chi connectivity index (χ3v) is 20.2. The average molecular weight is 1050 g/mol. The van der Waals surface area contributed by atoms with Crippen LogP contribution in [0.15, 0.2) is 89.9 Å². The Morgan fingerprint density at radius 1 is 0.961 bits per heavy atom. The second-order valence-corrected chi connectivity index (χ2v) is 24.0. The van der Waals surface area contributed by atoms with Crippen LogP contribution >= 0.6 is 0 Å². The van der Waals surface area contributed by atoms with Gasteiger partial charge in [0.15, 0.2) is 17.3 Å². The standard InChI is InChI=1S/C64H81N5O8/c1-4-35-32-69-58(65)31-47(35)46(38-13-12-36-9-6-7-10-37(36)23-38)30-53(73)52(72)24-40-16-19-64(56(75)15-14-39-25-55(77-3)54(74)29-45(39)40)20-17-41(26-57(64)76)59-43(11-8-22-70)49-34-68-51-28-42(71)27-48-44-18-21-67-63(44)62(61(49)60(48)51)50(59)33-66-5-2/h6-7,9-10,12-13,18,21,23,25,29,31,40-41,43,46,48-53,57,59-62,66-70,72-74,76H,4-5,8,11,14-15,17,20,22,24,26-28,30,32-34,65H2,1-3H3. The summed E-state index contributed by atoms with van der Waals surface area (Å²) < 4.78 is 5.59. The summed E-state index contributed by atoms with van der Waals surface area (Å²) in [6.07, 6.45) is 6.08. The van der Waals surface area contributed by atoms with Crippen molar-refractivity contribution < 1.29 is 39.9 Å². The minimum Gasteiger partial charge on any atom is -0.504 e. The molecular weight excluding hydrogens is 967 g/mol. The number of piperidine rings is 1. The fourth-order valence-corrected chi connectivity index (χ4v) is 16.7. The first kappa shape index (κ1) is 53.5. The lowest BCUT2D eigenvalue weighted by Crippen LogP contribution is -2.65. The molecule has 1 saturated heterocycles. The number of Topliss-reactive ketones (excluding diaryl/α,β-unsaturated/α-hetero) is 2. The molecule has 1 spiro atoms. The SMILES string of the molecule is CCNCC1C2c3[nH]ccc3C3CC(=O)CC4NCC(C(CCCO)C1C1CCC5(C#CC(CC(O)C(O)CC(C6=C(CC)CNC(N)=C6)c6ccc7ccccc7c6)c6cc(O)c(OC)cc6CCC5=O)C(O)C1)C2C43. The number of aromatic hydroxyl groups is 1. The molecule has 0 radical (unpaired) electrons. The van der Waals surface area contributed by atoms with E-state index in [-0.39, 0.29) is 90.6 Å². The molecular formula is C64H81N5O8. The van der Waals surface area contributed by atoms with Crippen molar-refractivity contribution in [2.75, 3.05) is 39.9 Å². The largest absolute Gasteiger partial charge is 0.504 e. The summed E-state index contributed by atoms with van der Waals surface area (Å²) in [4.78, 5) is 32.1. The van der Waals surface area contributed by atoms with Gasteiger partial charge in [-0.25, -0.2) is 0 Å². The summed E-state index contributed by atoms with van der Waals surface area (Å²) in [5, 5.41) is 72.4. The number of hydrogen-bond donors (Lipinski definition) is 10. The quantitative estimate of drug-likeness (QED) is 0.0499. The number of H-pyrrole nitrogens is 1. The Bertz CT molecular complexity index is 2970. The monoisotopic (exact) mass is 1050 g/mol. The Hall–Kier alpha value is -5.46. The molecule has 16 unspecified atom stereocenters. The van der Waals surface area contributed by atoms with Crippen molar-refractivity contribution in [1.29, 1.82) is 0 Å². The van der Waals surface area contributed by atoms with Gasteiger partial charge in [0.05, 0.1) is 31.2 Å². The number of aliphatic hydroxyl groups is 4. The van der Waals surface area contributed by atoms with E-state index in [2.05, 4.69) is 89.2 Å². The molecule has 13 heteroatoms. The Morgan fingerprint density at radius 3 is 2.57 bits per heavy atom. The number of benzene rings is 3. The summed E-state index contributed by atoms with van der Waals surface area (Å²) in [7, 11) is 1.49. The van der Waals surface area contributed by atoms with Gasteiger partial charge in [-0.3, -0.25) is 9.59 Å². The number of ether oxygens (including phenoxy) is 1. The molecule has 410 valence electrons. The number of aryl methyl sites for hydroxylation is 1. The van der Waals surface area contributed by atoms with Gasteiger partial charge in [0.25, 0.3) is 0 Å². The van der Waals surface area contributed by atoms with E-state index < -0.39 is 29.6 Å². The fraction of sp³-hybridized carbons (Fsp3) is 0.562. The molecule has 77 heavy (non-hydrogen) atoms. The number of aliphatic hydroxyl groups excluding tert-OH is 4.